The number of ether oxygens (including phenoxy) is 1. The van der Waals surface area contributed by atoms with Gasteiger partial charge in [-0.2, -0.15) is 0 Å². The number of amides is 1. The molecule has 0 aliphatic heterocycles. The molecule has 0 unspecified atom stereocenters. The van der Waals surface area contributed by atoms with Gasteiger partial charge >= 0.3 is 0 Å². The molecule has 146 valence electrons. The third-order valence-electron chi connectivity index (χ3n) is 4.41. The van der Waals surface area contributed by atoms with E-state index in [2.05, 4.69) is 10.3 Å². The lowest BCUT2D eigenvalue weighted by Gasteiger charge is -2.08. The van der Waals surface area contributed by atoms with E-state index in [-0.39, 0.29) is 10.7 Å². The fourth-order valence-corrected chi connectivity index (χ4v) is 3.08. The van der Waals surface area contributed by atoms with Crippen molar-refractivity contribution in [1.29, 1.82) is 0 Å². The van der Waals surface area contributed by atoms with E-state index in [9.17, 15) is 9.18 Å². The molecule has 5 nitrogen and oxygen atoms in total. The molecule has 0 radical (unpaired) electrons. The van der Waals surface area contributed by atoms with Crippen molar-refractivity contribution >= 4 is 28.8 Å². The summed E-state index contributed by atoms with van der Waals surface area (Å²) in [5, 5.41) is 2.79. The van der Waals surface area contributed by atoms with Crippen molar-refractivity contribution in [2.75, 3.05) is 5.32 Å². The summed E-state index contributed by atoms with van der Waals surface area (Å²) in [6.07, 6.45) is 3.86. The van der Waals surface area contributed by atoms with Gasteiger partial charge < -0.3 is 14.5 Å². The number of halogens is 2. The number of aryl methyl sites for hydroxylation is 1. The minimum absolute atomic E-state index is 0.0712. The average molecular weight is 410 g/mol. The van der Waals surface area contributed by atoms with Crippen molar-refractivity contribution in [2.24, 2.45) is 0 Å². The molecule has 0 bridgehead atoms. The summed E-state index contributed by atoms with van der Waals surface area (Å²) in [4.78, 5) is 16.9. The standard InChI is InChI=1S/C22H17ClFN3O2/c1-14-3-2-10-27-12-17(25-21(14)27)13-29-18-7-4-15(5-8-18)22(28)26-20-9-6-16(23)11-19(20)24/h2-12H,13H2,1H3,(H,26,28). The quantitative estimate of drug-likeness (QED) is 0.488. The van der Waals surface area contributed by atoms with Gasteiger partial charge in [-0.05, 0) is 61.0 Å². The van der Waals surface area contributed by atoms with Gasteiger partial charge in [-0.15, -0.1) is 0 Å². The Morgan fingerprint density at radius 2 is 2.00 bits per heavy atom. The largest absolute Gasteiger partial charge is 0.487 e. The molecule has 0 saturated carbocycles. The van der Waals surface area contributed by atoms with E-state index in [1.807, 2.05) is 35.9 Å². The van der Waals surface area contributed by atoms with Crippen LogP contribution < -0.4 is 10.1 Å². The molecule has 0 spiro atoms. The third-order valence-corrected chi connectivity index (χ3v) is 4.65. The van der Waals surface area contributed by atoms with Gasteiger partial charge in [0.15, 0.2) is 0 Å². The molecule has 0 saturated heterocycles. The highest BCUT2D eigenvalue weighted by Crippen LogP contribution is 2.21. The first kappa shape index (κ1) is 19.0. The number of nitrogens with one attached hydrogen (secondary N) is 1. The predicted molar refractivity (Wildman–Crippen MR) is 110 cm³/mol. The second kappa shape index (κ2) is 7.93. The number of pyridine rings is 1. The summed E-state index contributed by atoms with van der Waals surface area (Å²) in [5.41, 5.74) is 3.25. The Morgan fingerprint density at radius 3 is 2.72 bits per heavy atom. The number of anilines is 1. The van der Waals surface area contributed by atoms with Crippen LogP contribution in [0.3, 0.4) is 0 Å². The second-order valence-corrected chi connectivity index (χ2v) is 6.98. The predicted octanol–water partition coefficient (Wildman–Crippen LogP) is 5.27. The molecule has 0 atom stereocenters. The number of hydrogen-bond acceptors (Lipinski definition) is 3. The summed E-state index contributed by atoms with van der Waals surface area (Å²) in [6, 6.07) is 14.7. The van der Waals surface area contributed by atoms with E-state index in [1.165, 1.54) is 12.1 Å². The van der Waals surface area contributed by atoms with E-state index in [0.717, 1.165) is 23.0 Å². The van der Waals surface area contributed by atoms with Gasteiger partial charge in [-0.25, -0.2) is 9.37 Å². The Balaban J connectivity index is 1.40. The summed E-state index contributed by atoms with van der Waals surface area (Å²) in [7, 11) is 0. The van der Waals surface area contributed by atoms with Crippen molar-refractivity contribution in [3.63, 3.8) is 0 Å². The Labute approximate surface area is 171 Å². The van der Waals surface area contributed by atoms with Crippen LogP contribution >= 0.6 is 11.6 Å². The van der Waals surface area contributed by atoms with Crippen LogP contribution in [0.15, 0.2) is 67.0 Å². The van der Waals surface area contributed by atoms with Crippen molar-refractivity contribution in [2.45, 2.75) is 13.5 Å². The SMILES string of the molecule is Cc1cccn2cc(COc3ccc(C(=O)Nc4ccc(Cl)cc4F)cc3)nc12. The van der Waals surface area contributed by atoms with Crippen LogP contribution in [0.1, 0.15) is 21.6 Å². The first-order chi connectivity index (χ1) is 14.0. The van der Waals surface area contributed by atoms with Gasteiger partial charge in [-0.3, -0.25) is 4.79 Å². The minimum Gasteiger partial charge on any atom is -0.487 e. The number of imidazole rings is 1. The van der Waals surface area contributed by atoms with Gasteiger partial charge in [0.2, 0.25) is 0 Å². The molecular weight excluding hydrogens is 393 g/mol. The molecule has 2 aromatic carbocycles. The topological polar surface area (TPSA) is 55.6 Å². The fraction of sp³-hybridized carbons (Fsp3) is 0.0909. The maximum absolute atomic E-state index is 13.8. The van der Waals surface area contributed by atoms with Crippen LogP contribution in [0.4, 0.5) is 10.1 Å². The van der Waals surface area contributed by atoms with Crippen LogP contribution in [-0.4, -0.2) is 15.3 Å². The second-order valence-electron chi connectivity index (χ2n) is 6.55. The molecule has 7 heteroatoms. The number of fused-ring (bicyclic) bond motifs is 1. The van der Waals surface area contributed by atoms with E-state index >= 15 is 0 Å². The van der Waals surface area contributed by atoms with E-state index < -0.39 is 11.7 Å². The van der Waals surface area contributed by atoms with E-state index in [1.54, 1.807) is 24.3 Å². The van der Waals surface area contributed by atoms with Gasteiger partial charge in [0.25, 0.3) is 5.91 Å². The molecule has 4 aromatic rings. The van der Waals surface area contributed by atoms with Crippen molar-refractivity contribution in [3.05, 3.63) is 94.7 Å². The highest BCUT2D eigenvalue weighted by Gasteiger charge is 2.10. The third kappa shape index (κ3) is 4.22. The molecule has 1 amide bonds. The number of aromatic nitrogens is 2. The van der Waals surface area contributed by atoms with Crippen molar-refractivity contribution in [3.8, 4) is 5.75 Å². The highest BCUT2D eigenvalue weighted by atomic mass is 35.5. The summed E-state index contributed by atoms with van der Waals surface area (Å²) in [6.45, 7) is 2.31. The van der Waals surface area contributed by atoms with Crippen LogP contribution in [0.5, 0.6) is 5.75 Å². The summed E-state index contributed by atoms with van der Waals surface area (Å²) in [5.74, 6) is -0.407. The molecule has 0 aliphatic rings. The minimum atomic E-state index is -0.589. The van der Waals surface area contributed by atoms with E-state index in [4.69, 9.17) is 16.3 Å². The number of rotatable bonds is 5. The lowest BCUT2D eigenvalue weighted by molar-refractivity contribution is 0.102. The monoisotopic (exact) mass is 409 g/mol. The van der Waals surface area contributed by atoms with E-state index in [0.29, 0.717) is 17.9 Å². The van der Waals surface area contributed by atoms with Gasteiger partial charge in [-0.1, -0.05) is 17.7 Å². The Hall–Kier alpha value is -3.38. The first-order valence-electron chi connectivity index (χ1n) is 8.92. The summed E-state index contributed by atoms with van der Waals surface area (Å²) < 4.78 is 21.5. The molecule has 1 N–H and O–H groups in total. The van der Waals surface area contributed by atoms with Crippen LogP contribution in [0, 0.1) is 12.7 Å². The van der Waals surface area contributed by atoms with Crippen LogP contribution in [-0.2, 0) is 6.61 Å². The number of hydrogen-bond donors (Lipinski definition) is 1. The zero-order chi connectivity index (χ0) is 20.4. The molecular formula is C22H17ClFN3O2. The maximum atomic E-state index is 13.8. The molecule has 0 aliphatic carbocycles. The smallest absolute Gasteiger partial charge is 0.255 e. The first-order valence-corrected chi connectivity index (χ1v) is 9.30. The molecule has 4 rings (SSSR count). The average Bonchev–Trinajstić information content (AvgIpc) is 3.13. The van der Waals surface area contributed by atoms with Gasteiger partial charge in [0, 0.05) is 23.0 Å². The van der Waals surface area contributed by atoms with Gasteiger partial charge in [0.05, 0.1) is 11.4 Å². The highest BCUT2D eigenvalue weighted by molar-refractivity contribution is 6.30. The number of nitrogens with zero attached hydrogens (tertiary/aromatic N) is 2. The zero-order valence-electron chi connectivity index (χ0n) is 15.5. The fourth-order valence-electron chi connectivity index (χ4n) is 2.92. The molecule has 29 heavy (non-hydrogen) atoms. The maximum Gasteiger partial charge on any atom is 0.255 e. The lowest BCUT2D eigenvalue weighted by atomic mass is 10.2. The zero-order valence-corrected chi connectivity index (χ0v) is 16.3. The summed E-state index contributed by atoms with van der Waals surface area (Å²) >= 11 is 5.72. The van der Waals surface area contributed by atoms with Crippen molar-refractivity contribution in [1.82, 2.24) is 9.38 Å². The Bertz CT molecular complexity index is 1190. The van der Waals surface area contributed by atoms with Crippen molar-refractivity contribution < 1.29 is 13.9 Å². The number of benzene rings is 2. The van der Waals surface area contributed by atoms with Crippen LogP contribution in [0.2, 0.25) is 5.02 Å². The number of carbonyl (C=O) groups excluding carboxylic acids is 1. The Kier molecular flexibility index (Phi) is 5.18. The molecule has 2 aromatic heterocycles. The van der Waals surface area contributed by atoms with Crippen LogP contribution in [0.25, 0.3) is 5.65 Å². The number of carbonyl (C=O) groups is 1. The normalized spacial score (nSPS) is 10.9. The molecule has 2 heterocycles. The van der Waals surface area contributed by atoms with Gasteiger partial charge in [0.1, 0.15) is 23.8 Å². The molecule has 0 fully saturated rings. The lowest BCUT2D eigenvalue weighted by Crippen LogP contribution is -2.12. The Morgan fingerprint density at radius 1 is 1.21 bits per heavy atom.